The fourth-order valence-corrected chi connectivity index (χ4v) is 2.65. The van der Waals surface area contributed by atoms with Gasteiger partial charge in [-0.1, -0.05) is 15.9 Å². The summed E-state index contributed by atoms with van der Waals surface area (Å²) in [7, 11) is 0. The Balaban J connectivity index is 2.00. The van der Waals surface area contributed by atoms with Crippen molar-refractivity contribution < 1.29 is 0 Å². The lowest BCUT2D eigenvalue weighted by Gasteiger charge is -2.10. The van der Waals surface area contributed by atoms with Gasteiger partial charge in [0.25, 0.3) is 5.56 Å². The predicted octanol–water partition coefficient (Wildman–Crippen LogP) is 3.79. The topological polar surface area (TPSA) is 34.0 Å². The van der Waals surface area contributed by atoms with Crippen molar-refractivity contribution in [2.24, 2.45) is 0 Å². The van der Waals surface area contributed by atoms with E-state index in [9.17, 15) is 4.79 Å². The van der Waals surface area contributed by atoms with Crippen LogP contribution in [0.15, 0.2) is 50.3 Å². The lowest BCUT2D eigenvalue weighted by atomic mass is 10.3. The zero-order valence-corrected chi connectivity index (χ0v) is 13.7. The fourth-order valence-electron chi connectivity index (χ4n) is 1.79. The van der Waals surface area contributed by atoms with E-state index < -0.39 is 0 Å². The van der Waals surface area contributed by atoms with Gasteiger partial charge < -0.3 is 9.88 Å². The van der Waals surface area contributed by atoms with E-state index >= 15 is 0 Å². The highest BCUT2D eigenvalue weighted by molar-refractivity contribution is 9.10. The predicted molar refractivity (Wildman–Crippen MR) is 85.8 cm³/mol. The summed E-state index contributed by atoms with van der Waals surface area (Å²) in [6, 6.07) is 9.80. The van der Waals surface area contributed by atoms with Crippen LogP contribution in [0.3, 0.4) is 0 Å². The lowest BCUT2D eigenvalue weighted by molar-refractivity contribution is 0.690. The summed E-state index contributed by atoms with van der Waals surface area (Å²) in [5, 5.41) is 3.29. The van der Waals surface area contributed by atoms with Gasteiger partial charge in [-0.25, -0.2) is 0 Å². The van der Waals surface area contributed by atoms with Crippen LogP contribution in [-0.2, 0) is 6.54 Å². The molecule has 0 aliphatic rings. The van der Waals surface area contributed by atoms with Crippen LogP contribution in [0.5, 0.6) is 0 Å². The minimum absolute atomic E-state index is 0.0563. The van der Waals surface area contributed by atoms with Crippen molar-refractivity contribution in [3.8, 4) is 0 Å². The SMILES string of the molecule is Cc1cc(Br)cn(CCNc2ccc(Br)cc2)c1=O. The molecule has 0 radical (unpaired) electrons. The first kappa shape index (κ1) is 14.3. The van der Waals surface area contributed by atoms with E-state index in [0.717, 1.165) is 20.2 Å². The Morgan fingerprint density at radius 3 is 2.53 bits per heavy atom. The van der Waals surface area contributed by atoms with Gasteiger partial charge in [-0.3, -0.25) is 4.79 Å². The average molecular weight is 386 g/mol. The van der Waals surface area contributed by atoms with Crippen LogP contribution < -0.4 is 10.9 Å². The molecule has 1 N–H and O–H groups in total. The Kier molecular flexibility index (Phi) is 4.82. The number of nitrogens with one attached hydrogen (secondary N) is 1. The first-order valence-corrected chi connectivity index (χ1v) is 7.51. The number of hydrogen-bond acceptors (Lipinski definition) is 2. The number of anilines is 1. The van der Waals surface area contributed by atoms with E-state index in [2.05, 4.69) is 37.2 Å². The molecule has 0 fully saturated rings. The molecule has 1 aromatic heterocycles. The van der Waals surface area contributed by atoms with Gasteiger partial charge in [0.2, 0.25) is 0 Å². The second-order valence-electron chi connectivity index (χ2n) is 4.27. The van der Waals surface area contributed by atoms with Crippen molar-refractivity contribution in [2.75, 3.05) is 11.9 Å². The summed E-state index contributed by atoms with van der Waals surface area (Å²) in [5.41, 5.74) is 1.85. The molecular formula is C14H14Br2N2O. The lowest BCUT2D eigenvalue weighted by Crippen LogP contribution is -2.24. The standard InChI is InChI=1S/C14H14Br2N2O/c1-10-8-12(16)9-18(14(10)19)7-6-17-13-4-2-11(15)3-5-13/h2-5,8-9,17H,6-7H2,1H3. The second kappa shape index (κ2) is 6.39. The highest BCUT2D eigenvalue weighted by Crippen LogP contribution is 2.14. The van der Waals surface area contributed by atoms with Crippen LogP contribution in [0.25, 0.3) is 0 Å². The molecule has 2 aromatic rings. The van der Waals surface area contributed by atoms with Crippen molar-refractivity contribution in [1.82, 2.24) is 4.57 Å². The molecule has 0 saturated heterocycles. The zero-order chi connectivity index (χ0) is 13.8. The molecule has 1 aromatic carbocycles. The van der Waals surface area contributed by atoms with E-state index in [1.165, 1.54) is 0 Å². The Bertz CT molecular complexity index is 620. The molecule has 1 heterocycles. The van der Waals surface area contributed by atoms with Gasteiger partial charge >= 0.3 is 0 Å². The molecule has 2 rings (SSSR count). The van der Waals surface area contributed by atoms with Crippen molar-refractivity contribution in [3.05, 3.63) is 61.4 Å². The van der Waals surface area contributed by atoms with E-state index in [1.54, 1.807) is 4.57 Å². The summed E-state index contributed by atoms with van der Waals surface area (Å²) < 4.78 is 3.69. The van der Waals surface area contributed by atoms with Crippen LogP contribution in [-0.4, -0.2) is 11.1 Å². The van der Waals surface area contributed by atoms with Crippen molar-refractivity contribution in [1.29, 1.82) is 0 Å². The Hall–Kier alpha value is -1.07. The first-order valence-electron chi connectivity index (χ1n) is 5.92. The normalized spacial score (nSPS) is 10.5. The number of aromatic nitrogens is 1. The van der Waals surface area contributed by atoms with E-state index in [-0.39, 0.29) is 5.56 Å². The minimum atomic E-state index is 0.0563. The fraction of sp³-hybridized carbons (Fsp3) is 0.214. The number of hydrogen-bond donors (Lipinski definition) is 1. The molecule has 0 spiro atoms. The molecule has 0 bridgehead atoms. The molecule has 0 amide bonds. The number of aryl methyl sites for hydroxylation is 1. The van der Waals surface area contributed by atoms with Gasteiger partial charge in [0.15, 0.2) is 0 Å². The monoisotopic (exact) mass is 384 g/mol. The average Bonchev–Trinajstić information content (AvgIpc) is 2.37. The number of benzene rings is 1. The number of halogens is 2. The van der Waals surface area contributed by atoms with Crippen LogP contribution >= 0.6 is 31.9 Å². The summed E-state index contributed by atoms with van der Waals surface area (Å²) in [4.78, 5) is 11.9. The molecule has 3 nitrogen and oxygen atoms in total. The Morgan fingerprint density at radius 1 is 1.16 bits per heavy atom. The van der Waals surface area contributed by atoms with E-state index in [1.807, 2.05) is 43.5 Å². The van der Waals surface area contributed by atoms with Gasteiger partial charge in [-0.15, -0.1) is 0 Å². The molecule has 0 saturated carbocycles. The quantitative estimate of drug-likeness (QED) is 0.868. The highest BCUT2D eigenvalue weighted by atomic mass is 79.9. The van der Waals surface area contributed by atoms with Crippen LogP contribution in [0.2, 0.25) is 0 Å². The molecule has 19 heavy (non-hydrogen) atoms. The largest absolute Gasteiger partial charge is 0.383 e. The van der Waals surface area contributed by atoms with Crippen molar-refractivity contribution in [2.45, 2.75) is 13.5 Å². The summed E-state index contributed by atoms with van der Waals surface area (Å²) >= 11 is 6.80. The van der Waals surface area contributed by atoms with E-state index in [0.29, 0.717) is 13.1 Å². The maximum Gasteiger partial charge on any atom is 0.253 e. The molecule has 100 valence electrons. The van der Waals surface area contributed by atoms with Crippen molar-refractivity contribution >= 4 is 37.5 Å². The summed E-state index contributed by atoms with van der Waals surface area (Å²) in [6.07, 6.45) is 1.82. The molecule has 0 aliphatic heterocycles. The van der Waals surface area contributed by atoms with Crippen LogP contribution in [0.1, 0.15) is 5.56 Å². The maximum absolute atomic E-state index is 11.9. The third kappa shape index (κ3) is 3.94. The van der Waals surface area contributed by atoms with E-state index in [4.69, 9.17) is 0 Å². The molecule has 5 heteroatoms. The van der Waals surface area contributed by atoms with Crippen molar-refractivity contribution in [3.63, 3.8) is 0 Å². The van der Waals surface area contributed by atoms with Crippen LogP contribution in [0.4, 0.5) is 5.69 Å². The van der Waals surface area contributed by atoms with Gasteiger partial charge in [0, 0.05) is 39.5 Å². The van der Waals surface area contributed by atoms with Gasteiger partial charge in [0.1, 0.15) is 0 Å². The molecule has 0 aliphatic carbocycles. The maximum atomic E-state index is 11.9. The number of rotatable bonds is 4. The minimum Gasteiger partial charge on any atom is -0.383 e. The smallest absolute Gasteiger partial charge is 0.253 e. The van der Waals surface area contributed by atoms with Crippen LogP contribution in [0, 0.1) is 6.92 Å². The highest BCUT2D eigenvalue weighted by Gasteiger charge is 2.01. The van der Waals surface area contributed by atoms with Gasteiger partial charge in [-0.05, 0) is 53.2 Å². The first-order chi connectivity index (χ1) is 9.06. The summed E-state index contributed by atoms with van der Waals surface area (Å²) in [6.45, 7) is 3.17. The van der Waals surface area contributed by atoms with Gasteiger partial charge in [0.05, 0.1) is 0 Å². The Labute approximate surface area is 128 Å². The molecule has 0 unspecified atom stereocenters. The molecule has 0 atom stereocenters. The third-order valence-corrected chi connectivity index (χ3v) is 3.72. The molecular weight excluding hydrogens is 372 g/mol. The Morgan fingerprint density at radius 2 is 1.84 bits per heavy atom. The number of pyridine rings is 1. The van der Waals surface area contributed by atoms with Gasteiger partial charge in [-0.2, -0.15) is 0 Å². The second-order valence-corrected chi connectivity index (χ2v) is 6.10. The summed E-state index contributed by atoms with van der Waals surface area (Å²) in [5.74, 6) is 0. The number of nitrogens with zero attached hydrogens (tertiary/aromatic N) is 1. The zero-order valence-electron chi connectivity index (χ0n) is 10.5. The third-order valence-electron chi connectivity index (χ3n) is 2.76.